The standard InChI is InChI=1S/C10H11N.2C2H6.V/c1-8-4-5-10-9(7-8)3-2-6-11-10;2*1-2;/h2-3,5-8H,4H2,1H3;2*1-2H3;. The molecule has 0 saturated heterocycles. The normalized spacial score (nSPS) is 15.4. The van der Waals surface area contributed by atoms with Crippen LogP contribution in [0.1, 0.15) is 41.0 Å². The maximum absolute atomic E-state index is 4.27. The summed E-state index contributed by atoms with van der Waals surface area (Å²) in [5.41, 5.74) is 0. The molecule has 16 heavy (non-hydrogen) atoms. The second kappa shape index (κ2) is 11.0. The van der Waals surface area contributed by atoms with Gasteiger partial charge >= 0.3 is 0 Å². The van der Waals surface area contributed by atoms with E-state index in [4.69, 9.17) is 0 Å². The van der Waals surface area contributed by atoms with E-state index in [1.807, 2.05) is 40.0 Å². The third-order valence-electron chi connectivity index (χ3n) is 2.02. The topological polar surface area (TPSA) is 12.9 Å². The summed E-state index contributed by atoms with van der Waals surface area (Å²) in [5, 5.41) is 2.43. The molecular weight excluding hydrogens is 233 g/mol. The molecule has 1 heterocycles. The summed E-state index contributed by atoms with van der Waals surface area (Å²) in [4.78, 5) is 4.27. The molecule has 1 aliphatic carbocycles. The number of hydrogen-bond donors (Lipinski definition) is 0. The van der Waals surface area contributed by atoms with Crippen molar-refractivity contribution in [1.82, 2.24) is 4.98 Å². The first-order valence-electron chi connectivity index (χ1n) is 5.99. The second-order valence-corrected chi connectivity index (χ2v) is 3.06. The Kier molecular flexibility index (Phi) is 12.2. The van der Waals surface area contributed by atoms with Crippen LogP contribution in [0, 0.1) is 5.92 Å². The molecule has 0 saturated carbocycles. The van der Waals surface area contributed by atoms with Gasteiger partial charge in [-0.2, -0.15) is 0 Å². The average molecular weight is 256 g/mol. The maximum atomic E-state index is 4.27. The molecule has 0 N–H and O–H groups in total. The van der Waals surface area contributed by atoms with Crippen molar-refractivity contribution in [2.45, 2.75) is 41.0 Å². The summed E-state index contributed by atoms with van der Waals surface area (Å²) < 4.78 is 0. The predicted molar refractivity (Wildman–Crippen MR) is 68.9 cm³/mol. The Labute approximate surface area is 112 Å². The summed E-state index contributed by atoms with van der Waals surface area (Å²) in [6, 6.07) is 4.11. The molecule has 0 aromatic carbocycles. The Bertz CT molecular complexity index is 371. The van der Waals surface area contributed by atoms with Crippen LogP contribution >= 0.6 is 0 Å². The van der Waals surface area contributed by atoms with E-state index < -0.39 is 0 Å². The van der Waals surface area contributed by atoms with Gasteiger partial charge in [0.1, 0.15) is 0 Å². The zero-order chi connectivity index (χ0) is 11.7. The Morgan fingerprint density at radius 3 is 2.44 bits per heavy atom. The summed E-state index contributed by atoms with van der Waals surface area (Å²) in [5.74, 6) is 0.673. The first-order valence-corrected chi connectivity index (χ1v) is 5.99. The molecule has 1 atom stereocenters. The van der Waals surface area contributed by atoms with Gasteiger partial charge < -0.3 is 0 Å². The molecule has 2 heteroatoms. The van der Waals surface area contributed by atoms with Gasteiger partial charge in [-0.1, -0.05) is 52.8 Å². The molecule has 1 aliphatic rings. The summed E-state index contributed by atoms with van der Waals surface area (Å²) in [6.45, 7) is 10.2. The third kappa shape index (κ3) is 5.53. The molecule has 0 aliphatic heterocycles. The molecule has 0 amide bonds. The second-order valence-electron chi connectivity index (χ2n) is 3.06. The number of fused-ring (bicyclic) bond motifs is 1. The number of aromatic nitrogens is 1. The maximum Gasteiger partial charge on any atom is 0.0659 e. The summed E-state index contributed by atoms with van der Waals surface area (Å²) >= 11 is 0. The van der Waals surface area contributed by atoms with Gasteiger partial charge in [0.25, 0.3) is 0 Å². The number of nitrogens with zero attached hydrogens (tertiary/aromatic N) is 1. The zero-order valence-electron chi connectivity index (χ0n) is 11.1. The van der Waals surface area contributed by atoms with Crippen LogP contribution in [-0.4, -0.2) is 4.98 Å². The number of rotatable bonds is 0. The van der Waals surface area contributed by atoms with E-state index in [-0.39, 0.29) is 18.6 Å². The SMILES string of the molecule is CC.CC.CC1C=c2cccnc2=CC1.[V]. The van der Waals surface area contributed by atoms with E-state index in [1.165, 1.54) is 5.22 Å². The quantitative estimate of drug-likeness (QED) is 0.695. The van der Waals surface area contributed by atoms with Crippen LogP contribution in [0.5, 0.6) is 0 Å². The van der Waals surface area contributed by atoms with E-state index in [1.54, 1.807) is 0 Å². The van der Waals surface area contributed by atoms with Gasteiger partial charge in [0.2, 0.25) is 0 Å². The van der Waals surface area contributed by atoms with Crippen molar-refractivity contribution in [2.75, 3.05) is 0 Å². The van der Waals surface area contributed by atoms with Crippen LogP contribution in [0.15, 0.2) is 18.3 Å². The Morgan fingerprint density at radius 1 is 1.19 bits per heavy atom. The van der Waals surface area contributed by atoms with Crippen LogP contribution in [0.4, 0.5) is 0 Å². The molecule has 0 spiro atoms. The van der Waals surface area contributed by atoms with Gasteiger partial charge in [-0.15, -0.1) is 0 Å². The molecule has 1 radical (unpaired) electrons. The molecule has 2 rings (SSSR count). The average Bonchev–Trinajstić information content (AvgIpc) is 2.34. The van der Waals surface area contributed by atoms with Crippen molar-refractivity contribution in [3.63, 3.8) is 0 Å². The fourth-order valence-electron chi connectivity index (χ4n) is 1.41. The third-order valence-corrected chi connectivity index (χ3v) is 2.02. The monoisotopic (exact) mass is 256 g/mol. The van der Waals surface area contributed by atoms with Crippen molar-refractivity contribution >= 4 is 12.2 Å². The smallest absolute Gasteiger partial charge is 0.0659 e. The Hall–Kier alpha value is -0.526. The first-order chi connectivity index (χ1) is 7.36. The number of hydrogen-bond acceptors (Lipinski definition) is 1. The van der Waals surface area contributed by atoms with Crippen LogP contribution in [0.2, 0.25) is 0 Å². The van der Waals surface area contributed by atoms with Crippen LogP contribution in [0.25, 0.3) is 12.2 Å². The van der Waals surface area contributed by atoms with Gasteiger partial charge in [-0.3, -0.25) is 4.98 Å². The van der Waals surface area contributed by atoms with Crippen molar-refractivity contribution in [2.24, 2.45) is 5.92 Å². The van der Waals surface area contributed by atoms with Gasteiger partial charge in [-0.25, -0.2) is 0 Å². The van der Waals surface area contributed by atoms with E-state index in [9.17, 15) is 0 Å². The van der Waals surface area contributed by atoms with E-state index in [2.05, 4.69) is 30.1 Å². The number of pyridine rings is 1. The van der Waals surface area contributed by atoms with Crippen molar-refractivity contribution in [1.29, 1.82) is 0 Å². The van der Waals surface area contributed by atoms with Crippen molar-refractivity contribution in [3.05, 3.63) is 28.9 Å². The molecule has 89 valence electrons. The van der Waals surface area contributed by atoms with Crippen molar-refractivity contribution in [3.8, 4) is 0 Å². The van der Waals surface area contributed by atoms with E-state index in [0.29, 0.717) is 5.92 Å². The van der Waals surface area contributed by atoms with E-state index >= 15 is 0 Å². The predicted octanol–water partition coefficient (Wildman–Crippen LogP) is 2.73. The summed E-state index contributed by atoms with van der Waals surface area (Å²) in [6.07, 6.45) is 7.46. The van der Waals surface area contributed by atoms with Crippen LogP contribution in [-0.2, 0) is 18.6 Å². The van der Waals surface area contributed by atoms with Crippen LogP contribution < -0.4 is 10.6 Å². The minimum absolute atomic E-state index is 0. The van der Waals surface area contributed by atoms with Crippen LogP contribution in [0.3, 0.4) is 0 Å². The van der Waals surface area contributed by atoms with Crippen molar-refractivity contribution < 1.29 is 18.6 Å². The molecular formula is C14H23NV. The fourth-order valence-corrected chi connectivity index (χ4v) is 1.41. The van der Waals surface area contributed by atoms with E-state index in [0.717, 1.165) is 11.8 Å². The molecule has 0 bridgehead atoms. The van der Waals surface area contributed by atoms with Gasteiger partial charge in [0.15, 0.2) is 0 Å². The minimum Gasteiger partial charge on any atom is -0.257 e. The first kappa shape index (κ1) is 17.9. The Morgan fingerprint density at radius 2 is 1.81 bits per heavy atom. The molecule has 1 aromatic rings. The fraction of sp³-hybridized carbons (Fsp3) is 0.500. The Balaban J connectivity index is 0. The van der Waals surface area contributed by atoms with Gasteiger partial charge in [0, 0.05) is 24.8 Å². The largest absolute Gasteiger partial charge is 0.257 e. The van der Waals surface area contributed by atoms with Gasteiger partial charge in [0.05, 0.1) is 5.35 Å². The summed E-state index contributed by atoms with van der Waals surface area (Å²) in [7, 11) is 0. The van der Waals surface area contributed by atoms with Gasteiger partial charge in [-0.05, 0) is 23.6 Å². The molecule has 1 aromatic heterocycles. The zero-order valence-corrected chi connectivity index (χ0v) is 12.5. The molecule has 1 unspecified atom stereocenters. The molecule has 1 nitrogen and oxygen atoms in total. The minimum atomic E-state index is 0. The molecule has 0 fully saturated rings.